The standard InChI is InChI=1S/C12H18N2/c1-3-5-12(13)10(2)8-11-6-4-7-14-9-11/h4,6-7,9-10,13H,3,5,8H2,1-2H3. The summed E-state index contributed by atoms with van der Waals surface area (Å²) in [5.41, 5.74) is 2.08. The van der Waals surface area contributed by atoms with Gasteiger partial charge in [-0.2, -0.15) is 0 Å². The minimum Gasteiger partial charge on any atom is -0.309 e. The van der Waals surface area contributed by atoms with Gasteiger partial charge in [-0.05, 0) is 30.4 Å². The Bertz CT molecular complexity index is 280. The molecular formula is C12H18N2. The van der Waals surface area contributed by atoms with Gasteiger partial charge in [0.15, 0.2) is 0 Å². The van der Waals surface area contributed by atoms with Crippen molar-refractivity contribution in [2.24, 2.45) is 5.92 Å². The van der Waals surface area contributed by atoms with E-state index >= 15 is 0 Å². The van der Waals surface area contributed by atoms with Gasteiger partial charge in [0.25, 0.3) is 0 Å². The van der Waals surface area contributed by atoms with E-state index in [-0.39, 0.29) is 0 Å². The van der Waals surface area contributed by atoms with Crippen molar-refractivity contribution in [1.29, 1.82) is 5.41 Å². The molecule has 0 aromatic carbocycles. The summed E-state index contributed by atoms with van der Waals surface area (Å²) < 4.78 is 0. The van der Waals surface area contributed by atoms with Gasteiger partial charge in [0.2, 0.25) is 0 Å². The average Bonchev–Trinajstić information content (AvgIpc) is 2.19. The predicted octanol–water partition coefficient (Wildman–Crippen LogP) is 3.08. The van der Waals surface area contributed by atoms with Gasteiger partial charge in [0, 0.05) is 18.1 Å². The molecule has 1 aromatic rings. The largest absolute Gasteiger partial charge is 0.309 e. The summed E-state index contributed by atoms with van der Waals surface area (Å²) in [5.74, 6) is 0.346. The first-order chi connectivity index (χ1) is 6.74. The van der Waals surface area contributed by atoms with Crippen LogP contribution in [0.3, 0.4) is 0 Å². The first-order valence-electron chi connectivity index (χ1n) is 5.20. The highest BCUT2D eigenvalue weighted by molar-refractivity contribution is 5.83. The molecule has 0 bridgehead atoms. The van der Waals surface area contributed by atoms with Gasteiger partial charge in [-0.15, -0.1) is 0 Å². The van der Waals surface area contributed by atoms with Crippen LogP contribution in [0, 0.1) is 11.3 Å². The summed E-state index contributed by atoms with van der Waals surface area (Å²) in [6.07, 6.45) is 6.59. The van der Waals surface area contributed by atoms with Gasteiger partial charge >= 0.3 is 0 Å². The fourth-order valence-corrected chi connectivity index (χ4v) is 1.51. The molecule has 1 heterocycles. The van der Waals surface area contributed by atoms with Crippen LogP contribution >= 0.6 is 0 Å². The maximum Gasteiger partial charge on any atom is 0.0300 e. The first-order valence-corrected chi connectivity index (χ1v) is 5.20. The number of hydrogen-bond donors (Lipinski definition) is 1. The third-order valence-electron chi connectivity index (χ3n) is 2.38. The summed E-state index contributed by atoms with van der Waals surface area (Å²) in [5, 5.41) is 7.82. The molecule has 2 heteroatoms. The van der Waals surface area contributed by atoms with Crippen molar-refractivity contribution >= 4 is 5.71 Å². The molecular weight excluding hydrogens is 172 g/mol. The smallest absolute Gasteiger partial charge is 0.0300 e. The molecule has 1 atom stereocenters. The molecule has 2 nitrogen and oxygen atoms in total. The molecule has 1 aromatic heterocycles. The molecule has 1 unspecified atom stereocenters. The Morgan fingerprint density at radius 2 is 2.36 bits per heavy atom. The van der Waals surface area contributed by atoms with Crippen molar-refractivity contribution in [3.8, 4) is 0 Å². The summed E-state index contributed by atoms with van der Waals surface area (Å²) >= 11 is 0. The van der Waals surface area contributed by atoms with Crippen LogP contribution in [0.5, 0.6) is 0 Å². The highest BCUT2D eigenvalue weighted by Crippen LogP contribution is 2.10. The molecule has 1 rings (SSSR count). The van der Waals surface area contributed by atoms with Crippen molar-refractivity contribution in [3.05, 3.63) is 30.1 Å². The molecule has 0 aliphatic carbocycles. The number of pyridine rings is 1. The lowest BCUT2D eigenvalue weighted by Crippen LogP contribution is -2.12. The fourth-order valence-electron chi connectivity index (χ4n) is 1.51. The van der Waals surface area contributed by atoms with Crippen LogP contribution < -0.4 is 0 Å². The van der Waals surface area contributed by atoms with Crippen LogP contribution in [0.4, 0.5) is 0 Å². The van der Waals surface area contributed by atoms with Gasteiger partial charge in [-0.25, -0.2) is 0 Å². The SMILES string of the molecule is CCCC(=N)C(C)Cc1cccnc1. The number of nitrogens with zero attached hydrogens (tertiary/aromatic N) is 1. The van der Waals surface area contributed by atoms with Crippen molar-refractivity contribution in [2.45, 2.75) is 33.1 Å². The molecule has 0 saturated carbocycles. The molecule has 0 amide bonds. The fraction of sp³-hybridized carbons (Fsp3) is 0.500. The predicted molar refractivity (Wildman–Crippen MR) is 59.7 cm³/mol. The number of nitrogens with one attached hydrogen (secondary N) is 1. The lowest BCUT2D eigenvalue weighted by atomic mass is 9.95. The topological polar surface area (TPSA) is 36.7 Å². The van der Waals surface area contributed by atoms with Crippen LogP contribution in [0.2, 0.25) is 0 Å². The second-order valence-corrected chi connectivity index (χ2v) is 3.74. The van der Waals surface area contributed by atoms with E-state index in [0.29, 0.717) is 5.92 Å². The van der Waals surface area contributed by atoms with Gasteiger partial charge in [0.05, 0.1) is 0 Å². The van der Waals surface area contributed by atoms with Crippen molar-refractivity contribution in [3.63, 3.8) is 0 Å². The van der Waals surface area contributed by atoms with E-state index in [1.807, 2.05) is 12.3 Å². The maximum absolute atomic E-state index is 7.82. The van der Waals surface area contributed by atoms with Crippen LogP contribution in [0.25, 0.3) is 0 Å². The maximum atomic E-state index is 7.82. The van der Waals surface area contributed by atoms with E-state index in [1.165, 1.54) is 5.56 Å². The zero-order valence-electron chi connectivity index (χ0n) is 8.96. The van der Waals surface area contributed by atoms with E-state index in [0.717, 1.165) is 25.0 Å². The summed E-state index contributed by atoms with van der Waals surface area (Å²) in [6, 6.07) is 4.02. The third-order valence-corrected chi connectivity index (χ3v) is 2.38. The molecule has 0 fully saturated rings. The van der Waals surface area contributed by atoms with Gasteiger partial charge in [-0.3, -0.25) is 4.98 Å². The number of aromatic nitrogens is 1. The summed E-state index contributed by atoms with van der Waals surface area (Å²) in [7, 11) is 0. The second kappa shape index (κ2) is 5.53. The summed E-state index contributed by atoms with van der Waals surface area (Å²) in [4.78, 5) is 4.07. The van der Waals surface area contributed by atoms with Crippen molar-refractivity contribution < 1.29 is 0 Å². The Labute approximate surface area is 85.9 Å². The van der Waals surface area contributed by atoms with Crippen LogP contribution in [0.1, 0.15) is 32.3 Å². The lowest BCUT2D eigenvalue weighted by Gasteiger charge is -2.11. The quantitative estimate of drug-likeness (QED) is 0.712. The van der Waals surface area contributed by atoms with E-state index in [9.17, 15) is 0 Å². The lowest BCUT2D eigenvalue weighted by molar-refractivity contribution is 0.731. The van der Waals surface area contributed by atoms with E-state index in [1.54, 1.807) is 6.20 Å². The van der Waals surface area contributed by atoms with Crippen LogP contribution in [0.15, 0.2) is 24.5 Å². The Balaban J connectivity index is 2.49. The Hall–Kier alpha value is -1.18. The monoisotopic (exact) mass is 190 g/mol. The molecule has 0 aliphatic heterocycles. The molecule has 0 radical (unpaired) electrons. The average molecular weight is 190 g/mol. The minimum absolute atomic E-state index is 0.346. The highest BCUT2D eigenvalue weighted by atomic mass is 14.6. The van der Waals surface area contributed by atoms with Crippen LogP contribution in [-0.2, 0) is 6.42 Å². The second-order valence-electron chi connectivity index (χ2n) is 3.74. The van der Waals surface area contributed by atoms with Gasteiger partial charge in [-0.1, -0.05) is 26.3 Å². The van der Waals surface area contributed by atoms with Gasteiger partial charge in [0.1, 0.15) is 0 Å². The Morgan fingerprint density at radius 1 is 1.57 bits per heavy atom. The zero-order chi connectivity index (χ0) is 10.4. The first kappa shape index (κ1) is 10.9. The van der Waals surface area contributed by atoms with E-state index in [4.69, 9.17) is 5.41 Å². The summed E-state index contributed by atoms with van der Waals surface area (Å²) in [6.45, 7) is 4.23. The minimum atomic E-state index is 0.346. The molecule has 0 saturated heterocycles. The molecule has 76 valence electrons. The molecule has 0 spiro atoms. The van der Waals surface area contributed by atoms with Gasteiger partial charge < -0.3 is 5.41 Å². The third kappa shape index (κ3) is 3.29. The van der Waals surface area contributed by atoms with Crippen molar-refractivity contribution in [1.82, 2.24) is 4.98 Å². The normalized spacial score (nSPS) is 12.4. The van der Waals surface area contributed by atoms with Crippen molar-refractivity contribution in [2.75, 3.05) is 0 Å². The number of hydrogen-bond acceptors (Lipinski definition) is 2. The van der Waals surface area contributed by atoms with E-state index < -0.39 is 0 Å². The van der Waals surface area contributed by atoms with Crippen LogP contribution in [-0.4, -0.2) is 10.7 Å². The Kier molecular flexibility index (Phi) is 4.30. The number of rotatable bonds is 5. The highest BCUT2D eigenvalue weighted by Gasteiger charge is 2.08. The molecule has 1 N–H and O–H groups in total. The zero-order valence-corrected chi connectivity index (χ0v) is 8.96. The van der Waals surface area contributed by atoms with E-state index in [2.05, 4.69) is 24.9 Å². The Morgan fingerprint density at radius 3 is 2.93 bits per heavy atom. The molecule has 0 aliphatic rings. The molecule has 14 heavy (non-hydrogen) atoms.